The van der Waals surface area contributed by atoms with Gasteiger partial charge in [-0.3, -0.25) is 0 Å². The number of H-pyrrole nitrogens is 3. The largest absolute Gasteiger partial charge is 0.354 e. The van der Waals surface area contributed by atoms with Gasteiger partial charge >= 0.3 is 0 Å². The number of allylic oxidation sites excluding steroid dienone is 3. The minimum Gasteiger partial charge on any atom is -0.354 e. The molecule has 174 valence electrons. The van der Waals surface area contributed by atoms with Crippen LogP contribution in [0.4, 0.5) is 0 Å². The van der Waals surface area contributed by atoms with Crippen molar-refractivity contribution in [1.82, 2.24) is 15.0 Å². The zero-order valence-corrected chi connectivity index (χ0v) is 21.1. The fraction of sp³-hybridized carbons (Fsp3) is 0.226. The molecule has 0 bridgehead atoms. The van der Waals surface area contributed by atoms with Gasteiger partial charge in [0.25, 0.3) is 0 Å². The lowest BCUT2D eigenvalue weighted by molar-refractivity contribution is 0.953. The molecule has 0 spiro atoms. The van der Waals surface area contributed by atoms with E-state index in [2.05, 4.69) is 96.1 Å². The van der Waals surface area contributed by atoms with Crippen molar-refractivity contribution in [3.8, 4) is 0 Å². The van der Waals surface area contributed by atoms with Crippen LogP contribution in [0.15, 0.2) is 49.1 Å². The highest BCUT2D eigenvalue weighted by Crippen LogP contribution is 2.44. The molecule has 1 unspecified atom stereocenters. The molecule has 3 heterocycles. The van der Waals surface area contributed by atoms with Crippen LogP contribution < -0.4 is 0 Å². The van der Waals surface area contributed by atoms with Crippen molar-refractivity contribution in [2.45, 2.75) is 41.5 Å². The lowest BCUT2D eigenvalue weighted by Crippen LogP contribution is -1.81. The number of hydrogen-bond donors (Lipinski definition) is 3. The van der Waals surface area contributed by atoms with Gasteiger partial charge in [-0.1, -0.05) is 89.8 Å². The molecule has 1 aliphatic rings. The van der Waals surface area contributed by atoms with E-state index >= 15 is 0 Å². The van der Waals surface area contributed by atoms with Crippen LogP contribution in [0.1, 0.15) is 64.1 Å². The van der Waals surface area contributed by atoms with Crippen LogP contribution in [0.2, 0.25) is 0 Å². The van der Waals surface area contributed by atoms with Gasteiger partial charge in [-0.15, -0.1) is 0 Å². The van der Waals surface area contributed by atoms with Crippen molar-refractivity contribution in [2.24, 2.45) is 5.92 Å². The van der Waals surface area contributed by atoms with Crippen molar-refractivity contribution >= 4 is 67.9 Å². The topological polar surface area (TPSA) is 47.4 Å². The third kappa shape index (κ3) is 3.43. The predicted molar refractivity (Wildman–Crippen MR) is 154 cm³/mol. The molecule has 3 heteroatoms. The second kappa shape index (κ2) is 9.64. The van der Waals surface area contributed by atoms with E-state index in [1.54, 1.807) is 0 Å². The average Bonchev–Trinajstić information content (AvgIpc) is 3.51. The first-order valence-corrected chi connectivity index (χ1v) is 12.5. The SMILES string of the molecule is C=Cc1[nH]c2c3c4c([nH]c3c3[nH]c5ccccc5c3c2c1/C=C\C)C=CC(C)C=C4.CC.CC. The number of rotatable bonds is 2. The summed E-state index contributed by atoms with van der Waals surface area (Å²) in [5.74, 6) is 0.416. The smallest absolute Gasteiger partial charge is 0.0732 e. The van der Waals surface area contributed by atoms with Crippen LogP contribution in [-0.4, -0.2) is 15.0 Å². The summed E-state index contributed by atoms with van der Waals surface area (Å²) in [5, 5.41) is 4.97. The molecule has 1 atom stereocenters. The van der Waals surface area contributed by atoms with Crippen LogP contribution in [0, 0.1) is 5.92 Å². The van der Waals surface area contributed by atoms with Gasteiger partial charge in [-0.2, -0.15) is 0 Å². The molecule has 5 aromatic rings. The van der Waals surface area contributed by atoms with Crippen molar-refractivity contribution in [3.05, 3.63) is 71.6 Å². The van der Waals surface area contributed by atoms with Crippen LogP contribution in [0.3, 0.4) is 0 Å². The van der Waals surface area contributed by atoms with Gasteiger partial charge in [0.2, 0.25) is 0 Å². The van der Waals surface area contributed by atoms with Gasteiger partial charge in [0.1, 0.15) is 0 Å². The number of hydrogen-bond acceptors (Lipinski definition) is 0. The fourth-order valence-electron chi connectivity index (χ4n) is 4.92. The van der Waals surface area contributed by atoms with Crippen molar-refractivity contribution < 1.29 is 0 Å². The van der Waals surface area contributed by atoms with E-state index in [-0.39, 0.29) is 0 Å². The maximum absolute atomic E-state index is 4.07. The van der Waals surface area contributed by atoms with Crippen molar-refractivity contribution in [1.29, 1.82) is 0 Å². The minimum absolute atomic E-state index is 0.416. The Bertz CT molecular complexity index is 1580. The molecular weight excluding hydrogens is 414 g/mol. The zero-order chi connectivity index (χ0) is 24.4. The Balaban J connectivity index is 0.000000652. The van der Waals surface area contributed by atoms with E-state index in [0.717, 1.165) is 33.5 Å². The first-order valence-electron chi connectivity index (χ1n) is 12.5. The average molecular weight is 450 g/mol. The Morgan fingerprint density at radius 1 is 0.824 bits per heavy atom. The number of benzene rings is 2. The summed E-state index contributed by atoms with van der Waals surface area (Å²) < 4.78 is 0. The van der Waals surface area contributed by atoms with Crippen molar-refractivity contribution in [3.63, 3.8) is 0 Å². The standard InChI is InChI=1S/C27H23N3.2C2H6/c1-4-8-16-19(5-2)28-25-22(16)23-17-9-6-7-10-20(17)29-26(23)27-24(25)18-13-11-15(3)12-14-21(18)30-27;2*1-2/h4-15,28-30H,2H2,1,3H3;2*1-2H3/b8-4-;;. The third-order valence-corrected chi connectivity index (χ3v) is 6.26. The molecule has 0 radical (unpaired) electrons. The van der Waals surface area contributed by atoms with Crippen LogP contribution in [-0.2, 0) is 0 Å². The van der Waals surface area contributed by atoms with E-state index in [1.165, 1.54) is 32.7 Å². The Labute approximate surface area is 202 Å². The number of aromatic nitrogens is 3. The summed E-state index contributed by atoms with van der Waals surface area (Å²) in [6, 6.07) is 8.55. The summed E-state index contributed by atoms with van der Waals surface area (Å²) in [4.78, 5) is 11.1. The molecule has 1 aliphatic carbocycles. The zero-order valence-electron chi connectivity index (χ0n) is 21.1. The summed E-state index contributed by atoms with van der Waals surface area (Å²) >= 11 is 0. The first kappa shape index (κ1) is 23.4. The molecule has 0 saturated heterocycles. The Hall–Kier alpha value is -3.72. The predicted octanol–water partition coefficient (Wildman–Crippen LogP) is 9.69. The lowest BCUT2D eigenvalue weighted by Gasteiger charge is -2.03. The Kier molecular flexibility index (Phi) is 6.65. The second-order valence-electron chi connectivity index (χ2n) is 8.11. The van der Waals surface area contributed by atoms with Gasteiger partial charge < -0.3 is 15.0 Å². The third-order valence-electron chi connectivity index (χ3n) is 6.26. The highest BCUT2D eigenvalue weighted by molar-refractivity contribution is 6.33. The summed E-state index contributed by atoms with van der Waals surface area (Å²) in [6.07, 6.45) is 15.2. The van der Waals surface area contributed by atoms with Gasteiger partial charge in [0, 0.05) is 49.6 Å². The highest BCUT2D eigenvalue weighted by atomic mass is 14.8. The van der Waals surface area contributed by atoms with Gasteiger partial charge in [0.15, 0.2) is 0 Å². The number of para-hydroxylation sites is 1. The van der Waals surface area contributed by atoms with Crippen LogP contribution >= 0.6 is 0 Å². The molecule has 3 N–H and O–H groups in total. The van der Waals surface area contributed by atoms with Gasteiger partial charge in [-0.05, 0) is 31.1 Å². The monoisotopic (exact) mass is 449 g/mol. The van der Waals surface area contributed by atoms with Crippen LogP contribution in [0.25, 0.3) is 67.9 Å². The quantitative estimate of drug-likeness (QED) is 0.240. The molecular formula is C31H35N3. The van der Waals surface area contributed by atoms with Crippen LogP contribution in [0.5, 0.6) is 0 Å². The maximum Gasteiger partial charge on any atom is 0.0732 e. The number of nitrogens with one attached hydrogen (secondary N) is 3. The molecule has 0 saturated carbocycles. The molecule has 6 rings (SSSR count). The highest BCUT2D eigenvalue weighted by Gasteiger charge is 2.23. The van der Waals surface area contributed by atoms with Crippen molar-refractivity contribution in [2.75, 3.05) is 0 Å². The van der Waals surface area contributed by atoms with E-state index in [4.69, 9.17) is 0 Å². The molecule has 3 aromatic heterocycles. The Morgan fingerprint density at radius 3 is 2.26 bits per heavy atom. The Morgan fingerprint density at radius 2 is 1.53 bits per heavy atom. The second-order valence-corrected chi connectivity index (χ2v) is 8.11. The molecule has 0 aliphatic heterocycles. The maximum atomic E-state index is 4.07. The molecule has 3 nitrogen and oxygen atoms in total. The van der Waals surface area contributed by atoms with E-state index in [9.17, 15) is 0 Å². The molecule has 34 heavy (non-hydrogen) atoms. The first-order chi connectivity index (χ1) is 16.7. The van der Waals surface area contributed by atoms with E-state index in [1.807, 2.05) is 33.8 Å². The van der Waals surface area contributed by atoms with E-state index in [0.29, 0.717) is 5.92 Å². The summed E-state index contributed by atoms with van der Waals surface area (Å²) in [7, 11) is 0. The van der Waals surface area contributed by atoms with E-state index < -0.39 is 0 Å². The minimum atomic E-state index is 0.416. The molecule has 0 amide bonds. The molecule has 2 aromatic carbocycles. The number of aromatic amines is 3. The van der Waals surface area contributed by atoms with Gasteiger partial charge in [0.05, 0.1) is 16.6 Å². The van der Waals surface area contributed by atoms with Gasteiger partial charge in [-0.25, -0.2) is 0 Å². The normalized spacial score (nSPS) is 14.8. The molecule has 0 fully saturated rings. The summed E-state index contributed by atoms with van der Waals surface area (Å²) in [5.41, 5.74) is 9.25. The summed E-state index contributed by atoms with van der Waals surface area (Å²) in [6.45, 7) is 16.3. The number of fused-ring (bicyclic) bond motifs is 10. The lowest BCUT2D eigenvalue weighted by atomic mass is 9.99. The fourth-order valence-corrected chi connectivity index (χ4v) is 4.92.